The Labute approximate surface area is 211 Å². The average Bonchev–Trinajstić information content (AvgIpc) is 2.76. The van der Waals surface area contributed by atoms with Crippen LogP contribution in [-0.2, 0) is 44.7 Å². The average molecular weight is 520 g/mol. The molecule has 0 spiro atoms. The lowest BCUT2D eigenvalue weighted by Gasteiger charge is -2.32. The molecule has 1 aromatic carbocycles. The number of aryl methyl sites for hydroxylation is 2. The lowest BCUT2D eigenvalue weighted by Crippen LogP contribution is -2.50. The molecule has 0 aliphatic rings. The Bertz CT molecular complexity index is 1300. The standard InChI is InChI=1S/C24H28N2O11/c1-11-7-17-18(8-12(11)2)26(23(31)21(25-17)24(32)33)9-19(35-14(4)28)22(37-16(6)30)20(36-15(5)29)10-34-13(3)27/h7-8,19-20,22H,9-10H2,1-6H3,(H,32,33). The Morgan fingerprint density at radius 3 is 1.92 bits per heavy atom. The van der Waals surface area contributed by atoms with Gasteiger partial charge in [0.1, 0.15) is 6.61 Å². The van der Waals surface area contributed by atoms with E-state index in [-0.39, 0.29) is 11.0 Å². The van der Waals surface area contributed by atoms with Crippen molar-refractivity contribution in [2.24, 2.45) is 0 Å². The van der Waals surface area contributed by atoms with Crippen molar-refractivity contribution in [3.8, 4) is 0 Å². The summed E-state index contributed by atoms with van der Waals surface area (Å²) in [5, 5.41) is 9.55. The molecular weight excluding hydrogens is 492 g/mol. The van der Waals surface area contributed by atoms with Crippen molar-refractivity contribution in [2.45, 2.75) is 66.4 Å². The molecule has 200 valence electrons. The monoisotopic (exact) mass is 520 g/mol. The largest absolute Gasteiger partial charge is 0.476 e. The summed E-state index contributed by atoms with van der Waals surface area (Å²) in [6.07, 6.45) is -4.45. The minimum Gasteiger partial charge on any atom is -0.476 e. The molecule has 2 aromatic rings. The van der Waals surface area contributed by atoms with E-state index < -0.39 is 72.6 Å². The first-order valence-electron chi connectivity index (χ1n) is 11.1. The number of rotatable bonds is 10. The summed E-state index contributed by atoms with van der Waals surface area (Å²) >= 11 is 0. The molecule has 37 heavy (non-hydrogen) atoms. The van der Waals surface area contributed by atoms with Crippen LogP contribution < -0.4 is 5.56 Å². The lowest BCUT2D eigenvalue weighted by atomic mass is 10.1. The van der Waals surface area contributed by atoms with E-state index in [4.69, 9.17) is 18.9 Å². The molecule has 1 aromatic heterocycles. The number of fused-ring (bicyclic) bond motifs is 1. The quantitative estimate of drug-likeness (QED) is 0.349. The van der Waals surface area contributed by atoms with E-state index >= 15 is 0 Å². The SMILES string of the molecule is CC(=O)OCC(OC(C)=O)C(OC(C)=O)C(Cn1c(=O)c(C(=O)O)nc2cc(C)c(C)cc21)OC(C)=O. The van der Waals surface area contributed by atoms with Gasteiger partial charge in [-0.1, -0.05) is 0 Å². The molecule has 0 saturated heterocycles. The highest BCUT2D eigenvalue weighted by atomic mass is 16.6. The van der Waals surface area contributed by atoms with Gasteiger partial charge in [0, 0.05) is 27.7 Å². The molecule has 1 N–H and O–H groups in total. The summed E-state index contributed by atoms with van der Waals surface area (Å²) in [6, 6.07) is 3.21. The second kappa shape index (κ2) is 12.1. The van der Waals surface area contributed by atoms with Crippen molar-refractivity contribution >= 4 is 40.9 Å². The van der Waals surface area contributed by atoms with Crippen LogP contribution in [0.1, 0.15) is 49.3 Å². The van der Waals surface area contributed by atoms with Crippen molar-refractivity contribution in [3.05, 3.63) is 39.3 Å². The molecule has 0 aliphatic heterocycles. The van der Waals surface area contributed by atoms with Crippen molar-refractivity contribution in [3.63, 3.8) is 0 Å². The molecule has 0 bridgehead atoms. The number of hydrogen-bond donors (Lipinski definition) is 1. The van der Waals surface area contributed by atoms with Gasteiger partial charge in [-0.25, -0.2) is 9.78 Å². The third kappa shape index (κ3) is 7.59. The van der Waals surface area contributed by atoms with Crippen molar-refractivity contribution < 1.29 is 48.0 Å². The number of aromatic nitrogens is 2. The van der Waals surface area contributed by atoms with Gasteiger partial charge in [0.05, 0.1) is 17.6 Å². The summed E-state index contributed by atoms with van der Waals surface area (Å²) < 4.78 is 21.9. The van der Waals surface area contributed by atoms with E-state index in [1.54, 1.807) is 26.0 Å². The zero-order chi connectivity index (χ0) is 28.0. The summed E-state index contributed by atoms with van der Waals surface area (Å²) in [6.45, 7) is 6.77. The highest BCUT2D eigenvalue weighted by molar-refractivity contribution is 5.88. The molecule has 0 saturated carbocycles. The summed E-state index contributed by atoms with van der Waals surface area (Å²) in [5.41, 5.74) is 0.165. The van der Waals surface area contributed by atoms with E-state index in [2.05, 4.69) is 4.98 Å². The zero-order valence-electron chi connectivity index (χ0n) is 21.2. The zero-order valence-corrected chi connectivity index (χ0v) is 21.2. The third-order valence-electron chi connectivity index (χ3n) is 5.25. The molecule has 13 heteroatoms. The van der Waals surface area contributed by atoms with Crippen LogP contribution in [0.25, 0.3) is 11.0 Å². The van der Waals surface area contributed by atoms with Gasteiger partial charge in [0.25, 0.3) is 5.56 Å². The third-order valence-corrected chi connectivity index (χ3v) is 5.25. The van der Waals surface area contributed by atoms with E-state index in [0.717, 1.165) is 43.4 Å². The van der Waals surface area contributed by atoms with Gasteiger partial charge in [-0.3, -0.25) is 24.0 Å². The summed E-state index contributed by atoms with van der Waals surface area (Å²) in [5.74, 6) is -4.82. The van der Waals surface area contributed by atoms with E-state index in [0.29, 0.717) is 0 Å². The molecule has 0 fully saturated rings. The van der Waals surface area contributed by atoms with Crippen LogP contribution in [0.2, 0.25) is 0 Å². The number of esters is 4. The number of carboxylic acid groups (broad SMARTS) is 1. The number of ether oxygens (including phenoxy) is 4. The van der Waals surface area contributed by atoms with Gasteiger partial charge in [-0.05, 0) is 37.1 Å². The van der Waals surface area contributed by atoms with Crippen molar-refractivity contribution in [1.82, 2.24) is 9.55 Å². The molecule has 1 heterocycles. The summed E-state index contributed by atoms with van der Waals surface area (Å²) in [7, 11) is 0. The second-order valence-electron chi connectivity index (χ2n) is 8.28. The summed E-state index contributed by atoms with van der Waals surface area (Å²) in [4.78, 5) is 76.0. The van der Waals surface area contributed by atoms with Crippen LogP contribution in [0.4, 0.5) is 0 Å². The van der Waals surface area contributed by atoms with E-state index in [1.807, 2.05) is 0 Å². The van der Waals surface area contributed by atoms with Gasteiger partial charge in [-0.2, -0.15) is 0 Å². The Balaban J connectivity index is 2.75. The van der Waals surface area contributed by atoms with E-state index in [9.17, 15) is 33.9 Å². The molecule has 13 nitrogen and oxygen atoms in total. The Hall–Kier alpha value is -4.29. The Morgan fingerprint density at radius 2 is 1.41 bits per heavy atom. The number of carbonyl (C=O) groups is 5. The highest BCUT2D eigenvalue weighted by Crippen LogP contribution is 2.21. The fourth-order valence-corrected chi connectivity index (χ4v) is 3.61. The van der Waals surface area contributed by atoms with Crippen LogP contribution in [-0.4, -0.2) is 69.4 Å². The highest BCUT2D eigenvalue weighted by Gasteiger charge is 2.39. The molecule has 3 unspecified atom stereocenters. The number of carboxylic acids is 1. The molecular formula is C24H28N2O11. The van der Waals surface area contributed by atoms with Gasteiger partial charge in [0.15, 0.2) is 18.3 Å². The van der Waals surface area contributed by atoms with Gasteiger partial charge in [0.2, 0.25) is 5.69 Å². The Kier molecular flexibility index (Phi) is 9.47. The predicted octanol–water partition coefficient (Wildman–Crippen LogP) is 1.07. The normalized spacial score (nSPS) is 13.2. The maximum atomic E-state index is 13.2. The molecule has 2 rings (SSSR count). The van der Waals surface area contributed by atoms with E-state index in [1.165, 1.54) is 0 Å². The van der Waals surface area contributed by atoms with Gasteiger partial charge in [-0.15, -0.1) is 0 Å². The first kappa shape index (κ1) is 28.9. The number of nitrogens with zero attached hydrogens (tertiary/aromatic N) is 2. The lowest BCUT2D eigenvalue weighted by molar-refractivity contribution is -0.190. The fourth-order valence-electron chi connectivity index (χ4n) is 3.61. The number of aromatic carboxylic acids is 1. The van der Waals surface area contributed by atoms with Gasteiger partial charge >= 0.3 is 29.8 Å². The minimum atomic E-state index is -1.58. The number of carbonyl (C=O) groups excluding carboxylic acids is 4. The first-order chi connectivity index (χ1) is 17.2. The number of benzene rings is 1. The molecule has 3 atom stereocenters. The molecule has 0 radical (unpaired) electrons. The van der Waals surface area contributed by atoms with Crippen LogP contribution >= 0.6 is 0 Å². The Morgan fingerprint density at radius 1 is 0.865 bits per heavy atom. The van der Waals surface area contributed by atoms with Gasteiger partial charge < -0.3 is 28.6 Å². The van der Waals surface area contributed by atoms with Crippen LogP contribution in [0.3, 0.4) is 0 Å². The smallest absolute Gasteiger partial charge is 0.360 e. The van der Waals surface area contributed by atoms with Crippen molar-refractivity contribution in [2.75, 3.05) is 6.61 Å². The number of hydrogen-bond acceptors (Lipinski definition) is 11. The maximum absolute atomic E-state index is 13.2. The van der Waals surface area contributed by atoms with Crippen molar-refractivity contribution in [1.29, 1.82) is 0 Å². The first-order valence-corrected chi connectivity index (χ1v) is 11.1. The maximum Gasteiger partial charge on any atom is 0.360 e. The second-order valence-corrected chi connectivity index (χ2v) is 8.28. The van der Waals surface area contributed by atoms with Crippen LogP contribution in [0, 0.1) is 13.8 Å². The fraction of sp³-hybridized carbons (Fsp3) is 0.458. The van der Waals surface area contributed by atoms with Crippen LogP contribution in [0.5, 0.6) is 0 Å². The molecule has 0 aliphatic carbocycles. The topological polar surface area (TPSA) is 177 Å². The molecule has 0 amide bonds. The predicted molar refractivity (Wildman–Crippen MR) is 126 cm³/mol. The minimum absolute atomic E-state index is 0.183. The van der Waals surface area contributed by atoms with Crippen LogP contribution in [0.15, 0.2) is 16.9 Å².